The molecule has 3 rings (SSSR count). The van der Waals surface area contributed by atoms with Crippen molar-refractivity contribution in [2.45, 2.75) is 25.4 Å². The third-order valence-electron chi connectivity index (χ3n) is 3.28. The van der Waals surface area contributed by atoms with Gasteiger partial charge in [0, 0.05) is 24.0 Å². The molecule has 2 aromatic rings. The maximum Gasteiger partial charge on any atom is 0.273 e. The van der Waals surface area contributed by atoms with E-state index in [9.17, 15) is 4.79 Å². The van der Waals surface area contributed by atoms with Crippen molar-refractivity contribution in [2.75, 3.05) is 0 Å². The number of aromatic nitrogens is 2. The number of nitrogens with two attached hydrogens (primary N) is 1. The van der Waals surface area contributed by atoms with Crippen molar-refractivity contribution in [1.29, 1.82) is 0 Å². The molecule has 0 aliphatic heterocycles. The second kappa shape index (κ2) is 6.82. The summed E-state index contributed by atoms with van der Waals surface area (Å²) in [5, 5.41) is 10.1. The van der Waals surface area contributed by atoms with Gasteiger partial charge in [-0.25, -0.2) is 0 Å². The Morgan fingerprint density at radius 1 is 1.43 bits per heavy atom. The van der Waals surface area contributed by atoms with Gasteiger partial charge in [0.25, 0.3) is 5.91 Å². The molecule has 2 aromatic heterocycles. The van der Waals surface area contributed by atoms with Gasteiger partial charge in [-0.05, 0) is 25.0 Å². The number of nitrogens with one attached hydrogen (secondary N) is 1. The average molecular weight is 312 g/mol. The Kier molecular flexibility index (Phi) is 4.41. The molecule has 0 aromatic carbocycles. The highest BCUT2D eigenvalue weighted by molar-refractivity contribution is 6.60. The molecule has 8 nitrogen and oxygen atoms in total. The minimum absolute atomic E-state index is 0.0887. The van der Waals surface area contributed by atoms with E-state index in [0.29, 0.717) is 17.5 Å². The van der Waals surface area contributed by atoms with E-state index in [-0.39, 0.29) is 12.3 Å². The summed E-state index contributed by atoms with van der Waals surface area (Å²) in [7, 11) is 0. The van der Waals surface area contributed by atoms with Crippen molar-refractivity contribution in [2.24, 2.45) is 15.9 Å². The van der Waals surface area contributed by atoms with E-state index in [1.807, 2.05) is 12.1 Å². The van der Waals surface area contributed by atoms with Crippen LogP contribution in [-0.2, 0) is 11.3 Å². The number of pyridine rings is 1. The summed E-state index contributed by atoms with van der Waals surface area (Å²) in [5.41, 5.74) is 1.66. The number of hydrogen-bond donors (Lipinski definition) is 2. The van der Waals surface area contributed by atoms with Gasteiger partial charge in [-0.2, -0.15) is 5.10 Å². The van der Waals surface area contributed by atoms with Gasteiger partial charge in [-0.3, -0.25) is 14.8 Å². The molecule has 0 unspecified atom stereocenters. The number of carbonyl (C=O) groups is 1. The smallest absolute Gasteiger partial charge is 0.273 e. The van der Waals surface area contributed by atoms with Crippen LogP contribution < -0.4 is 11.2 Å². The Morgan fingerprint density at radius 2 is 2.22 bits per heavy atom. The van der Waals surface area contributed by atoms with Crippen molar-refractivity contribution < 1.29 is 9.32 Å². The lowest BCUT2D eigenvalue weighted by Crippen LogP contribution is -2.32. The Balaban J connectivity index is 1.57. The summed E-state index contributed by atoms with van der Waals surface area (Å²) >= 11 is 0. The van der Waals surface area contributed by atoms with E-state index < -0.39 is 5.91 Å². The van der Waals surface area contributed by atoms with Crippen LogP contribution in [-0.4, -0.2) is 34.0 Å². The lowest BCUT2D eigenvalue weighted by Gasteiger charge is -2.01. The molecule has 118 valence electrons. The summed E-state index contributed by atoms with van der Waals surface area (Å²) < 4.78 is 5.20. The zero-order valence-electron chi connectivity index (χ0n) is 12.3. The highest BCUT2D eigenvalue weighted by Gasteiger charge is 2.20. The second-order valence-electron chi connectivity index (χ2n) is 5.12. The summed E-state index contributed by atoms with van der Waals surface area (Å²) in [6, 6.07) is 5.71. The van der Waals surface area contributed by atoms with Crippen LogP contribution in [0.3, 0.4) is 0 Å². The quantitative estimate of drug-likeness (QED) is 0.466. The molecular formula is C15H16N6O2. The lowest BCUT2D eigenvalue weighted by molar-refractivity contribution is -0.114. The highest BCUT2D eigenvalue weighted by Crippen LogP contribution is 2.22. The first-order chi connectivity index (χ1) is 11.3. The fourth-order valence-electron chi connectivity index (χ4n) is 1.86. The molecule has 0 spiro atoms. The molecule has 1 fully saturated rings. The molecule has 1 amide bonds. The van der Waals surface area contributed by atoms with E-state index in [4.69, 9.17) is 10.4 Å². The summed E-state index contributed by atoms with van der Waals surface area (Å²) in [6.07, 6.45) is 6.86. The summed E-state index contributed by atoms with van der Waals surface area (Å²) in [4.78, 5) is 20.1. The van der Waals surface area contributed by atoms with Crippen LogP contribution in [0.5, 0.6) is 0 Å². The van der Waals surface area contributed by atoms with Crippen molar-refractivity contribution in [3.63, 3.8) is 0 Å². The number of nitrogens with zero attached hydrogens (tertiary/aromatic N) is 4. The maximum absolute atomic E-state index is 12.0. The van der Waals surface area contributed by atoms with Gasteiger partial charge >= 0.3 is 0 Å². The van der Waals surface area contributed by atoms with E-state index >= 15 is 0 Å². The van der Waals surface area contributed by atoms with Crippen molar-refractivity contribution in [3.05, 3.63) is 36.4 Å². The van der Waals surface area contributed by atoms with Gasteiger partial charge < -0.3 is 15.7 Å². The normalized spacial score (nSPS) is 15.0. The SMILES string of the molecule is N/N=C(\C=NC1CC1)C(=O)NCc1cc(-c2ccncc2)no1. The minimum Gasteiger partial charge on any atom is -0.359 e. The first kappa shape index (κ1) is 14.9. The van der Waals surface area contributed by atoms with Gasteiger partial charge in [0.15, 0.2) is 11.5 Å². The number of hydrazone groups is 1. The standard InChI is InChI=1S/C15H16N6O2/c16-20-14(9-18-11-1-2-11)15(22)19-8-12-7-13(21-23-12)10-3-5-17-6-4-10/h3-7,9,11H,1-2,8,16H2,(H,19,22)/b18-9?,20-14+. The molecule has 2 heterocycles. The van der Waals surface area contributed by atoms with E-state index in [1.54, 1.807) is 18.5 Å². The van der Waals surface area contributed by atoms with Crippen molar-refractivity contribution in [3.8, 4) is 11.3 Å². The first-order valence-electron chi connectivity index (χ1n) is 7.21. The third kappa shape index (κ3) is 4.00. The average Bonchev–Trinajstić information content (AvgIpc) is 3.29. The lowest BCUT2D eigenvalue weighted by atomic mass is 10.2. The van der Waals surface area contributed by atoms with Crippen molar-refractivity contribution in [1.82, 2.24) is 15.5 Å². The maximum atomic E-state index is 12.0. The van der Waals surface area contributed by atoms with E-state index in [1.165, 1.54) is 6.21 Å². The van der Waals surface area contributed by atoms with E-state index in [0.717, 1.165) is 18.4 Å². The largest absolute Gasteiger partial charge is 0.359 e. The van der Waals surface area contributed by atoms with Crippen LogP contribution in [0.15, 0.2) is 45.2 Å². The first-order valence-corrected chi connectivity index (χ1v) is 7.21. The zero-order valence-corrected chi connectivity index (χ0v) is 12.3. The van der Waals surface area contributed by atoms with Gasteiger partial charge in [-0.1, -0.05) is 5.16 Å². The van der Waals surface area contributed by atoms with Crippen LogP contribution in [0.2, 0.25) is 0 Å². The number of aliphatic imine (C=N–C) groups is 1. The molecule has 8 heteroatoms. The predicted octanol–water partition coefficient (Wildman–Crippen LogP) is 0.901. The summed E-state index contributed by atoms with van der Waals surface area (Å²) in [5.74, 6) is 5.35. The molecule has 23 heavy (non-hydrogen) atoms. The number of hydrogen-bond acceptors (Lipinski definition) is 7. The van der Waals surface area contributed by atoms with Gasteiger partial charge in [0.2, 0.25) is 0 Å². The van der Waals surface area contributed by atoms with Crippen LogP contribution in [0.4, 0.5) is 0 Å². The Labute approximate surface area is 132 Å². The van der Waals surface area contributed by atoms with Crippen LogP contribution in [0, 0.1) is 0 Å². The highest BCUT2D eigenvalue weighted by atomic mass is 16.5. The van der Waals surface area contributed by atoms with Gasteiger partial charge in [-0.15, -0.1) is 0 Å². The molecule has 0 bridgehead atoms. The zero-order chi connectivity index (χ0) is 16.1. The molecule has 0 atom stereocenters. The molecule has 0 radical (unpaired) electrons. The predicted molar refractivity (Wildman–Crippen MR) is 84.7 cm³/mol. The fourth-order valence-corrected chi connectivity index (χ4v) is 1.86. The summed E-state index contributed by atoms with van der Waals surface area (Å²) in [6.45, 7) is 0.188. The molecular weight excluding hydrogens is 296 g/mol. The van der Waals surface area contributed by atoms with Crippen molar-refractivity contribution >= 4 is 17.8 Å². The molecule has 1 aliphatic carbocycles. The Hall–Kier alpha value is -3.03. The number of rotatable bonds is 6. The van der Waals surface area contributed by atoms with Crippen LogP contribution in [0.1, 0.15) is 18.6 Å². The molecule has 0 saturated heterocycles. The van der Waals surface area contributed by atoms with Crippen LogP contribution >= 0.6 is 0 Å². The van der Waals surface area contributed by atoms with Gasteiger partial charge in [0.1, 0.15) is 5.69 Å². The Morgan fingerprint density at radius 3 is 2.91 bits per heavy atom. The Bertz CT molecular complexity index is 733. The van der Waals surface area contributed by atoms with Gasteiger partial charge in [0.05, 0.1) is 18.8 Å². The second-order valence-corrected chi connectivity index (χ2v) is 5.12. The van der Waals surface area contributed by atoms with Crippen LogP contribution in [0.25, 0.3) is 11.3 Å². The molecule has 1 aliphatic rings. The molecule has 3 N–H and O–H groups in total. The van der Waals surface area contributed by atoms with E-state index in [2.05, 4.69) is 25.6 Å². The number of carbonyl (C=O) groups excluding carboxylic acids is 1. The topological polar surface area (TPSA) is 119 Å². The number of amides is 1. The molecule has 1 saturated carbocycles. The monoisotopic (exact) mass is 312 g/mol. The minimum atomic E-state index is -0.404. The fraction of sp³-hybridized carbons (Fsp3) is 0.267. The third-order valence-corrected chi connectivity index (χ3v) is 3.28.